The maximum absolute atomic E-state index is 12.4. The van der Waals surface area contributed by atoms with Crippen LogP contribution in [0.25, 0.3) is 10.8 Å². The first-order valence-corrected chi connectivity index (χ1v) is 6.76. The van der Waals surface area contributed by atoms with Gasteiger partial charge in [-0.05, 0) is 37.8 Å². The van der Waals surface area contributed by atoms with E-state index in [1.54, 1.807) is 24.5 Å². The Hall–Kier alpha value is -2.43. The molecular weight excluding hydrogens is 268 g/mol. The van der Waals surface area contributed by atoms with Crippen LogP contribution in [0.5, 0.6) is 0 Å². The molecule has 1 heterocycles. The first-order valence-electron chi connectivity index (χ1n) is 6.76. The fourth-order valence-electron chi connectivity index (χ4n) is 2.18. The van der Waals surface area contributed by atoms with E-state index in [1.165, 1.54) is 0 Å². The Kier molecular flexibility index (Phi) is 4.21. The first kappa shape index (κ1) is 15.0. The van der Waals surface area contributed by atoms with Crippen molar-refractivity contribution in [2.75, 3.05) is 0 Å². The van der Waals surface area contributed by atoms with Gasteiger partial charge in [-0.15, -0.1) is 0 Å². The fourth-order valence-corrected chi connectivity index (χ4v) is 2.18. The molecule has 2 N–H and O–H groups in total. The second kappa shape index (κ2) is 5.91. The number of aromatic nitrogens is 1. The summed E-state index contributed by atoms with van der Waals surface area (Å²) >= 11 is 0. The van der Waals surface area contributed by atoms with Crippen LogP contribution in [-0.4, -0.2) is 27.5 Å². The average molecular weight is 286 g/mol. The smallest absolute Gasteiger partial charge is 0.303 e. The third-order valence-corrected chi connectivity index (χ3v) is 3.34. The van der Waals surface area contributed by atoms with Crippen LogP contribution in [0.3, 0.4) is 0 Å². The van der Waals surface area contributed by atoms with Crippen molar-refractivity contribution in [3.8, 4) is 0 Å². The van der Waals surface area contributed by atoms with Crippen LogP contribution in [0.15, 0.2) is 36.7 Å². The molecule has 0 atom stereocenters. The van der Waals surface area contributed by atoms with Gasteiger partial charge in [0.05, 0.1) is 0 Å². The van der Waals surface area contributed by atoms with Gasteiger partial charge in [-0.25, -0.2) is 0 Å². The second-order valence-corrected chi connectivity index (χ2v) is 5.63. The van der Waals surface area contributed by atoms with E-state index in [4.69, 9.17) is 5.11 Å². The predicted molar refractivity (Wildman–Crippen MR) is 80.2 cm³/mol. The van der Waals surface area contributed by atoms with E-state index in [9.17, 15) is 9.59 Å². The van der Waals surface area contributed by atoms with Gasteiger partial charge in [0, 0.05) is 35.3 Å². The third-order valence-electron chi connectivity index (χ3n) is 3.34. The number of pyridine rings is 1. The number of carbonyl (C=O) groups is 2. The van der Waals surface area contributed by atoms with E-state index < -0.39 is 11.5 Å². The molecule has 110 valence electrons. The molecule has 0 unspecified atom stereocenters. The number of rotatable bonds is 5. The van der Waals surface area contributed by atoms with Crippen molar-refractivity contribution < 1.29 is 14.7 Å². The van der Waals surface area contributed by atoms with Crippen LogP contribution in [0.4, 0.5) is 0 Å². The lowest BCUT2D eigenvalue weighted by molar-refractivity contribution is -0.137. The van der Waals surface area contributed by atoms with Crippen LogP contribution in [-0.2, 0) is 4.79 Å². The van der Waals surface area contributed by atoms with Crippen LogP contribution in [0.2, 0.25) is 0 Å². The Labute approximate surface area is 123 Å². The second-order valence-electron chi connectivity index (χ2n) is 5.63. The molecule has 5 nitrogen and oxygen atoms in total. The molecule has 1 amide bonds. The van der Waals surface area contributed by atoms with E-state index in [-0.39, 0.29) is 12.3 Å². The van der Waals surface area contributed by atoms with Crippen molar-refractivity contribution in [1.29, 1.82) is 0 Å². The number of carboxylic acids is 1. The number of fused-ring (bicyclic) bond motifs is 1. The molecule has 0 spiro atoms. The number of benzene rings is 1. The molecule has 0 radical (unpaired) electrons. The normalized spacial score (nSPS) is 11.3. The molecule has 1 aromatic heterocycles. The largest absolute Gasteiger partial charge is 0.481 e. The minimum atomic E-state index is -0.867. The molecule has 0 aliphatic rings. The number of nitrogens with one attached hydrogen (secondary N) is 1. The zero-order valence-electron chi connectivity index (χ0n) is 12.1. The molecule has 2 aromatic rings. The molecule has 1 aromatic carbocycles. The summed E-state index contributed by atoms with van der Waals surface area (Å²) in [6.07, 6.45) is 3.75. The Bertz CT molecular complexity index is 675. The number of hydrogen-bond acceptors (Lipinski definition) is 3. The summed E-state index contributed by atoms with van der Waals surface area (Å²) in [6, 6.07) is 7.26. The van der Waals surface area contributed by atoms with Gasteiger partial charge >= 0.3 is 5.97 Å². The molecule has 21 heavy (non-hydrogen) atoms. The fraction of sp³-hybridized carbons (Fsp3) is 0.312. The number of aliphatic carboxylic acids is 1. The Morgan fingerprint density at radius 2 is 2.05 bits per heavy atom. The van der Waals surface area contributed by atoms with Crippen LogP contribution in [0, 0.1) is 0 Å². The number of hydrogen-bond donors (Lipinski definition) is 2. The zero-order valence-corrected chi connectivity index (χ0v) is 12.1. The van der Waals surface area contributed by atoms with Gasteiger partial charge in [0.2, 0.25) is 0 Å². The van der Waals surface area contributed by atoms with E-state index in [2.05, 4.69) is 10.3 Å². The van der Waals surface area contributed by atoms with Crippen molar-refractivity contribution in [2.45, 2.75) is 32.2 Å². The summed E-state index contributed by atoms with van der Waals surface area (Å²) in [6.45, 7) is 3.64. The maximum atomic E-state index is 12.4. The van der Waals surface area contributed by atoms with Crippen molar-refractivity contribution in [3.05, 3.63) is 42.2 Å². The van der Waals surface area contributed by atoms with Crippen molar-refractivity contribution in [2.24, 2.45) is 0 Å². The zero-order chi connectivity index (χ0) is 15.5. The monoisotopic (exact) mass is 286 g/mol. The average Bonchev–Trinajstić information content (AvgIpc) is 2.44. The molecule has 2 rings (SSSR count). The lowest BCUT2D eigenvalue weighted by atomic mass is 9.97. The highest BCUT2D eigenvalue weighted by Gasteiger charge is 2.23. The van der Waals surface area contributed by atoms with Crippen LogP contribution < -0.4 is 5.32 Å². The molecule has 0 saturated carbocycles. The van der Waals surface area contributed by atoms with E-state index in [0.717, 1.165) is 10.8 Å². The van der Waals surface area contributed by atoms with Gasteiger partial charge < -0.3 is 10.4 Å². The van der Waals surface area contributed by atoms with Gasteiger partial charge in [0.25, 0.3) is 5.91 Å². The Morgan fingerprint density at radius 3 is 2.76 bits per heavy atom. The van der Waals surface area contributed by atoms with E-state index >= 15 is 0 Å². The van der Waals surface area contributed by atoms with Crippen molar-refractivity contribution in [1.82, 2.24) is 10.3 Å². The van der Waals surface area contributed by atoms with Crippen molar-refractivity contribution >= 4 is 22.6 Å². The van der Waals surface area contributed by atoms with Gasteiger partial charge in [0.15, 0.2) is 0 Å². The molecule has 0 bridgehead atoms. The summed E-state index contributed by atoms with van der Waals surface area (Å²) in [5, 5.41) is 13.4. The van der Waals surface area contributed by atoms with Gasteiger partial charge in [-0.1, -0.05) is 12.1 Å². The van der Waals surface area contributed by atoms with Crippen LogP contribution >= 0.6 is 0 Å². The van der Waals surface area contributed by atoms with Gasteiger partial charge in [0.1, 0.15) is 0 Å². The predicted octanol–water partition coefficient (Wildman–Crippen LogP) is 2.61. The quantitative estimate of drug-likeness (QED) is 0.885. The standard InChI is InChI=1S/C16H18N2O3/c1-16(2,8-6-14(19)20)18-15(21)13-5-3-4-11-10-17-9-7-12(11)13/h3-5,7,9-10H,6,8H2,1-2H3,(H,18,21)(H,19,20). The lowest BCUT2D eigenvalue weighted by Crippen LogP contribution is -2.43. The highest BCUT2D eigenvalue weighted by molar-refractivity contribution is 6.07. The minimum absolute atomic E-state index is 0.0206. The number of amides is 1. The SMILES string of the molecule is CC(C)(CCC(=O)O)NC(=O)c1cccc2cnccc12. The lowest BCUT2D eigenvalue weighted by Gasteiger charge is -2.26. The third kappa shape index (κ3) is 3.78. The molecule has 0 saturated heterocycles. The summed E-state index contributed by atoms with van der Waals surface area (Å²) in [5.41, 5.74) is -0.0108. The topological polar surface area (TPSA) is 79.3 Å². The highest BCUT2D eigenvalue weighted by Crippen LogP contribution is 2.19. The first-order chi connectivity index (χ1) is 9.89. The molecule has 0 aliphatic carbocycles. The molecule has 5 heteroatoms. The van der Waals surface area contributed by atoms with E-state index in [1.807, 2.05) is 26.0 Å². The Balaban J connectivity index is 2.21. The Morgan fingerprint density at radius 1 is 1.29 bits per heavy atom. The maximum Gasteiger partial charge on any atom is 0.303 e. The van der Waals surface area contributed by atoms with E-state index in [0.29, 0.717) is 12.0 Å². The van der Waals surface area contributed by atoms with Gasteiger partial charge in [-0.2, -0.15) is 0 Å². The highest BCUT2D eigenvalue weighted by atomic mass is 16.4. The summed E-state index contributed by atoms with van der Waals surface area (Å²) < 4.78 is 0. The van der Waals surface area contributed by atoms with Crippen LogP contribution in [0.1, 0.15) is 37.0 Å². The number of carbonyl (C=O) groups excluding carboxylic acids is 1. The molecule has 0 aliphatic heterocycles. The summed E-state index contributed by atoms with van der Waals surface area (Å²) in [7, 11) is 0. The minimum Gasteiger partial charge on any atom is -0.481 e. The van der Waals surface area contributed by atoms with Crippen molar-refractivity contribution in [3.63, 3.8) is 0 Å². The molecule has 0 fully saturated rings. The van der Waals surface area contributed by atoms with Gasteiger partial charge in [-0.3, -0.25) is 14.6 Å². The number of carboxylic acid groups (broad SMARTS) is 1. The summed E-state index contributed by atoms with van der Waals surface area (Å²) in [5.74, 6) is -1.07. The molecular formula is C16H18N2O3. The number of nitrogens with zero attached hydrogens (tertiary/aromatic N) is 1. The summed E-state index contributed by atoms with van der Waals surface area (Å²) in [4.78, 5) is 27.1.